The first kappa shape index (κ1) is 18.9. The predicted octanol–water partition coefficient (Wildman–Crippen LogP) is 2.77. The molecule has 0 aliphatic carbocycles. The molecule has 2 amide bonds. The van der Waals surface area contributed by atoms with E-state index in [0.717, 1.165) is 11.1 Å². The van der Waals surface area contributed by atoms with Crippen molar-refractivity contribution < 1.29 is 14.0 Å². The highest BCUT2D eigenvalue weighted by atomic mass is 19.1. The van der Waals surface area contributed by atoms with Crippen molar-refractivity contribution in [1.29, 1.82) is 0 Å². The maximum absolute atomic E-state index is 14.0. The van der Waals surface area contributed by atoms with Crippen molar-refractivity contribution in [3.8, 4) is 5.69 Å². The van der Waals surface area contributed by atoms with Crippen LogP contribution in [0.4, 0.5) is 4.39 Å². The molecule has 1 fully saturated rings. The Morgan fingerprint density at radius 2 is 1.72 bits per heavy atom. The van der Waals surface area contributed by atoms with E-state index in [4.69, 9.17) is 0 Å². The van der Waals surface area contributed by atoms with E-state index in [1.807, 2.05) is 30.3 Å². The zero-order valence-corrected chi connectivity index (χ0v) is 16.0. The van der Waals surface area contributed by atoms with Crippen molar-refractivity contribution in [3.63, 3.8) is 0 Å². The number of hydrogen-bond donors (Lipinski definition) is 0. The molecule has 2 aromatic carbocycles. The van der Waals surface area contributed by atoms with Crippen LogP contribution < -0.4 is 0 Å². The Balaban J connectivity index is 1.47. The molecular weight excluding hydrogens is 371 g/mol. The van der Waals surface area contributed by atoms with Gasteiger partial charge in [0.25, 0.3) is 0 Å². The summed E-state index contributed by atoms with van der Waals surface area (Å²) in [5.41, 5.74) is 2.06. The van der Waals surface area contributed by atoms with Crippen LogP contribution in [-0.2, 0) is 22.7 Å². The summed E-state index contributed by atoms with van der Waals surface area (Å²) in [6.45, 7) is 2.44. The van der Waals surface area contributed by atoms with Crippen molar-refractivity contribution in [3.05, 3.63) is 83.9 Å². The van der Waals surface area contributed by atoms with Crippen LogP contribution >= 0.6 is 0 Å². The van der Waals surface area contributed by atoms with E-state index in [1.165, 1.54) is 10.7 Å². The summed E-state index contributed by atoms with van der Waals surface area (Å²) < 4.78 is 15.4. The number of carbonyl (C=O) groups is 2. The van der Waals surface area contributed by atoms with Crippen molar-refractivity contribution >= 4 is 11.8 Å². The second-order valence-corrected chi connectivity index (χ2v) is 7.12. The number of carbonyl (C=O) groups excluding carboxylic acids is 2. The van der Waals surface area contributed by atoms with Gasteiger partial charge >= 0.3 is 0 Å². The molecule has 1 atom stereocenters. The Kier molecular flexibility index (Phi) is 5.12. The average molecular weight is 392 g/mol. The quantitative estimate of drug-likeness (QED) is 0.671. The van der Waals surface area contributed by atoms with Crippen LogP contribution in [0.2, 0.25) is 0 Å². The van der Waals surface area contributed by atoms with Crippen LogP contribution in [0, 0.1) is 5.82 Å². The lowest BCUT2D eigenvalue weighted by Crippen LogP contribution is -2.57. The van der Waals surface area contributed by atoms with Gasteiger partial charge in [0.15, 0.2) is 0 Å². The molecule has 1 aliphatic rings. The first-order valence-electron chi connectivity index (χ1n) is 9.43. The fourth-order valence-corrected chi connectivity index (χ4v) is 3.52. The van der Waals surface area contributed by atoms with Crippen LogP contribution in [0.15, 0.2) is 67.0 Å². The fraction of sp³-hybridized carbons (Fsp3) is 0.227. The second kappa shape index (κ2) is 7.87. The highest BCUT2D eigenvalue weighted by Crippen LogP contribution is 2.19. The monoisotopic (exact) mass is 392 g/mol. The summed E-state index contributed by atoms with van der Waals surface area (Å²) in [6, 6.07) is 15.4. The molecule has 6 nitrogen and oxygen atoms in total. The minimum atomic E-state index is -0.572. The molecular formula is C22H21FN4O2. The van der Waals surface area contributed by atoms with Crippen LogP contribution in [-0.4, -0.2) is 44.0 Å². The summed E-state index contributed by atoms with van der Waals surface area (Å²) in [5, 5.41) is 4.20. The third kappa shape index (κ3) is 3.89. The molecule has 4 rings (SSSR count). The highest BCUT2D eigenvalue weighted by Gasteiger charge is 2.36. The summed E-state index contributed by atoms with van der Waals surface area (Å²) in [7, 11) is 0. The van der Waals surface area contributed by atoms with E-state index in [1.54, 1.807) is 47.3 Å². The summed E-state index contributed by atoms with van der Waals surface area (Å²) >= 11 is 0. The van der Waals surface area contributed by atoms with Gasteiger partial charge < -0.3 is 9.80 Å². The van der Waals surface area contributed by atoms with Crippen LogP contribution in [0.25, 0.3) is 5.69 Å². The maximum Gasteiger partial charge on any atom is 0.245 e. The lowest BCUT2D eigenvalue weighted by atomic mass is 10.1. The minimum Gasteiger partial charge on any atom is -0.327 e. The van der Waals surface area contributed by atoms with E-state index in [2.05, 4.69) is 5.10 Å². The Morgan fingerprint density at radius 3 is 2.48 bits per heavy atom. The van der Waals surface area contributed by atoms with E-state index >= 15 is 0 Å². The van der Waals surface area contributed by atoms with Gasteiger partial charge in [0.2, 0.25) is 11.8 Å². The molecule has 1 aromatic heterocycles. The van der Waals surface area contributed by atoms with Crippen molar-refractivity contribution in [2.24, 2.45) is 0 Å². The van der Waals surface area contributed by atoms with E-state index in [9.17, 15) is 14.0 Å². The van der Waals surface area contributed by atoms with Gasteiger partial charge in [-0.25, -0.2) is 9.07 Å². The van der Waals surface area contributed by atoms with Gasteiger partial charge in [-0.2, -0.15) is 5.10 Å². The number of rotatable bonds is 5. The fourth-order valence-electron chi connectivity index (χ4n) is 3.52. The molecule has 3 aromatic rings. The lowest BCUT2D eigenvalue weighted by molar-refractivity contribution is -0.156. The largest absolute Gasteiger partial charge is 0.327 e. The Morgan fingerprint density at radius 1 is 1.00 bits per heavy atom. The van der Waals surface area contributed by atoms with Crippen LogP contribution in [0.3, 0.4) is 0 Å². The summed E-state index contributed by atoms with van der Waals surface area (Å²) in [4.78, 5) is 28.7. The number of aromatic nitrogens is 2. The number of benzene rings is 2. The Bertz CT molecular complexity index is 1030. The molecule has 1 aliphatic heterocycles. The lowest BCUT2D eigenvalue weighted by Gasteiger charge is -2.38. The normalized spacial score (nSPS) is 17.1. The van der Waals surface area contributed by atoms with Gasteiger partial charge in [0, 0.05) is 24.8 Å². The molecule has 7 heteroatoms. The Hall–Kier alpha value is -3.48. The molecule has 0 saturated carbocycles. The topological polar surface area (TPSA) is 58.4 Å². The van der Waals surface area contributed by atoms with Gasteiger partial charge in [-0.05, 0) is 24.6 Å². The number of piperazine rings is 1. The van der Waals surface area contributed by atoms with E-state index in [-0.39, 0.29) is 30.7 Å². The van der Waals surface area contributed by atoms with Crippen molar-refractivity contribution in [2.45, 2.75) is 26.1 Å². The van der Waals surface area contributed by atoms with Crippen LogP contribution in [0.1, 0.15) is 18.1 Å². The molecule has 0 N–H and O–H groups in total. The van der Waals surface area contributed by atoms with Crippen LogP contribution in [0.5, 0.6) is 0 Å². The number of halogens is 1. The van der Waals surface area contributed by atoms with Gasteiger partial charge in [-0.3, -0.25) is 9.59 Å². The molecule has 0 unspecified atom stereocenters. The molecule has 2 heterocycles. The number of nitrogens with zero attached hydrogens (tertiary/aromatic N) is 4. The standard InChI is InChI=1S/C22H21FN4O2/c1-16-22(29)25(12-17-7-3-2-4-8-17)15-21(28)26(16)13-18-11-24-27(14-18)20-10-6-5-9-19(20)23/h2-11,14,16H,12-13,15H2,1H3/t16-/m0/s1. The number of amides is 2. The zero-order valence-electron chi connectivity index (χ0n) is 16.0. The Labute approximate surface area is 168 Å². The van der Waals surface area contributed by atoms with Gasteiger partial charge in [0.05, 0.1) is 6.20 Å². The third-order valence-corrected chi connectivity index (χ3v) is 5.09. The number of para-hydroxylation sites is 1. The van der Waals surface area contributed by atoms with Gasteiger partial charge in [-0.1, -0.05) is 42.5 Å². The minimum absolute atomic E-state index is 0.0412. The molecule has 0 bridgehead atoms. The SMILES string of the molecule is C[C@H]1C(=O)N(Cc2ccccc2)CC(=O)N1Cc1cnn(-c2ccccc2F)c1. The predicted molar refractivity (Wildman–Crippen MR) is 105 cm³/mol. The maximum atomic E-state index is 14.0. The summed E-state index contributed by atoms with van der Waals surface area (Å²) in [5.74, 6) is -0.585. The van der Waals surface area contributed by atoms with Gasteiger partial charge in [0.1, 0.15) is 24.1 Å². The first-order chi connectivity index (χ1) is 14.0. The highest BCUT2D eigenvalue weighted by molar-refractivity contribution is 5.94. The molecule has 1 saturated heterocycles. The first-order valence-corrected chi connectivity index (χ1v) is 9.43. The van der Waals surface area contributed by atoms with Gasteiger partial charge in [-0.15, -0.1) is 0 Å². The third-order valence-electron chi connectivity index (χ3n) is 5.09. The molecule has 0 radical (unpaired) electrons. The van der Waals surface area contributed by atoms with Crippen molar-refractivity contribution in [1.82, 2.24) is 19.6 Å². The summed E-state index contributed by atoms with van der Waals surface area (Å²) in [6.07, 6.45) is 3.27. The smallest absolute Gasteiger partial charge is 0.245 e. The second-order valence-electron chi connectivity index (χ2n) is 7.12. The molecule has 29 heavy (non-hydrogen) atoms. The average Bonchev–Trinajstić information content (AvgIpc) is 3.19. The zero-order chi connectivity index (χ0) is 20.4. The van der Waals surface area contributed by atoms with Crippen molar-refractivity contribution in [2.75, 3.05) is 6.54 Å². The molecule has 0 spiro atoms. The number of hydrogen-bond acceptors (Lipinski definition) is 3. The van der Waals surface area contributed by atoms with E-state index < -0.39 is 6.04 Å². The van der Waals surface area contributed by atoms with E-state index in [0.29, 0.717) is 12.2 Å². The molecule has 148 valence electrons.